The van der Waals surface area contributed by atoms with Gasteiger partial charge in [-0.1, -0.05) is 30.4 Å². The molecule has 0 fully saturated rings. The summed E-state index contributed by atoms with van der Waals surface area (Å²) in [7, 11) is -3.06. The average molecular weight is 263 g/mol. The Morgan fingerprint density at radius 1 is 1.11 bits per heavy atom. The summed E-state index contributed by atoms with van der Waals surface area (Å²) in [4.78, 5) is 0.514. The Balaban J connectivity index is 1.89. The van der Waals surface area contributed by atoms with E-state index in [2.05, 4.69) is 17.5 Å². The van der Waals surface area contributed by atoms with Crippen molar-refractivity contribution in [3.05, 3.63) is 42.0 Å². The van der Waals surface area contributed by atoms with Crippen LogP contribution in [0.1, 0.15) is 30.9 Å². The van der Waals surface area contributed by atoms with Crippen molar-refractivity contribution in [1.29, 1.82) is 0 Å². The lowest BCUT2D eigenvalue weighted by molar-refractivity contribution is 0.426. The standard InChI is InChI=1S/C14H17NO2S/c16-18(17)10-9-13(15-11-5-1-2-6-11)12-7-3-4-8-14(12)18/h1-4,7-8,11,13,15H,5-6,9-10H2. The first-order valence-corrected chi connectivity index (χ1v) is 8.05. The van der Waals surface area contributed by atoms with Gasteiger partial charge in [-0.15, -0.1) is 0 Å². The highest BCUT2D eigenvalue weighted by Gasteiger charge is 2.30. The maximum absolute atomic E-state index is 12.0. The monoisotopic (exact) mass is 263 g/mol. The van der Waals surface area contributed by atoms with Gasteiger partial charge in [0, 0.05) is 12.1 Å². The number of hydrogen-bond acceptors (Lipinski definition) is 3. The van der Waals surface area contributed by atoms with Crippen molar-refractivity contribution >= 4 is 9.84 Å². The van der Waals surface area contributed by atoms with Crippen LogP contribution in [0.2, 0.25) is 0 Å². The fourth-order valence-electron chi connectivity index (χ4n) is 2.80. The highest BCUT2D eigenvalue weighted by molar-refractivity contribution is 7.91. The van der Waals surface area contributed by atoms with Crippen LogP contribution in [0, 0.1) is 0 Å². The number of sulfone groups is 1. The van der Waals surface area contributed by atoms with Crippen molar-refractivity contribution < 1.29 is 8.42 Å². The quantitative estimate of drug-likeness (QED) is 0.832. The number of nitrogens with one attached hydrogen (secondary N) is 1. The van der Waals surface area contributed by atoms with Gasteiger partial charge in [-0.05, 0) is 30.9 Å². The molecule has 1 aromatic carbocycles. The largest absolute Gasteiger partial charge is 0.306 e. The first-order valence-electron chi connectivity index (χ1n) is 6.39. The first-order chi connectivity index (χ1) is 8.67. The average Bonchev–Trinajstić information content (AvgIpc) is 2.86. The molecule has 4 heteroatoms. The lowest BCUT2D eigenvalue weighted by Gasteiger charge is -2.28. The van der Waals surface area contributed by atoms with Crippen molar-refractivity contribution in [2.24, 2.45) is 0 Å². The molecule has 0 saturated heterocycles. The summed E-state index contributed by atoms with van der Waals surface area (Å²) in [5.41, 5.74) is 0.940. The van der Waals surface area contributed by atoms with Gasteiger partial charge in [0.25, 0.3) is 0 Å². The number of rotatable bonds is 2. The molecule has 3 rings (SSSR count). The summed E-state index contributed by atoms with van der Waals surface area (Å²) in [5.74, 6) is 0.252. The van der Waals surface area contributed by atoms with E-state index in [0.29, 0.717) is 17.4 Å². The van der Waals surface area contributed by atoms with Crippen LogP contribution >= 0.6 is 0 Å². The maximum atomic E-state index is 12.0. The Bertz CT molecular complexity index is 569. The Morgan fingerprint density at radius 3 is 2.61 bits per heavy atom. The molecule has 1 N–H and O–H groups in total. The molecule has 1 aromatic rings. The molecule has 0 amide bonds. The molecule has 1 aliphatic carbocycles. The topological polar surface area (TPSA) is 46.2 Å². The van der Waals surface area contributed by atoms with E-state index in [1.165, 1.54) is 0 Å². The van der Waals surface area contributed by atoms with E-state index in [1.807, 2.05) is 12.1 Å². The normalized spacial score (nSPS) is 26.1. The summed E-state index contributed by atoms with van der Waals surface area (Å²) in [6, 6.07) is 8.02. The molecule has 1 heterocycles. The maximum Gasteiger partial charge on any atom is 0.178 e. The van der Waals surface area contributed by atoms with Crippen LogP contribution < -0.4 is 5.32 Å². The van der Waals surface area contributed by atoms with Gasteiger partial charge in [0.05, 0.1) is 10.6 Å². The molecule has 0 aromatic heterocycles. The highest BCUT2D eigenvalue weighted by atomic mass is 32.2. The third-order valence-corrected chi connectivity index (χ3v) is 5.56. The third kappa shape index (κ3) is 2.10. The zero-order valence-electron chi connectivity index (χ0n) is 10.2. The number of fused-ring (bicyclic) bond motifs is 1. The van der Waals surface area contributed by atoms with E-state index in [4.69, 9.17) is 0 Å². The Hall–Kier alpha value is -1.13. The molecule has 0 saturated carbocycles. The Labute approximate surface area is 108 Å². The van der Waals surface area contributed by atoms with E-state index in [0.717, 1.165) is 18.4 Å². The predicted molar refractivity (Wildman–Crippen MR) is 71.2 cm³/mol. The Morgan fingerprint density at radius 2 is 1.83 bits per heavy atom. The van der Waals surface area contributed by atoms with Gasteiger partial charge < -0.3 is 5.32 Å². The van der Waals surface area contributed by atoms with Crippen molar-refractivity contribution in [3.63, 3.8) is 0 Å². The van der Waals surface area contributed by atoms with Gasteiger partial charge >= 0.3 is 0 Å². The van der Waals surface area contributed by atoms with Gasteiger partial charge in [0.2, 0.25) is 0 Å². The van der Waals surface area contributed by atoms with E-state index in [-0.39, 0.29) is 11.8 Å². The van der Waals surface area contributed by atoms with Crippen LogP contribution in [0.25, 0.3) is 0 Å². The second-order valence-corrected chi connectivity index (χ2v) is 7.08. The van der Waals surface area contributed by atoms with E-state index in [9.17, 15) is 8.42 Å². The molecule has 96 valence electrons. The van der Waals surface area contributed by atoms with Crippen LogP contribution in [-0.2, 0) is 9.84 Å². The minimum atomic E-state index is -3.06. The first kappa shape index (κ1) is 11.9. The fraction of sp³-hybridized carbons (Fsp3) is 0.429. The predicted octanol–water partition coefficient (Wildman–Crippen LogP) is 2.21. The number of hydrogen-bond donors (Lipinski definition) is 1. The second-order valence-electron chi connectivity index (χ2n) is 5.00. The van der Waals surface area contributed by atoms with Crippen molar-refractivity contribution in [2.45, 2.75) is 36.2 Å². The molecule has 0 radical (unpaired) electrons. The molecule has 2 aliphatic rings. The highest BCUT2D eigenvalue weighted by Crippen LogP contribution is 2.32. The van der Waals surface area contributed by atoms with Gasteiger partial charge in [-0.25, -0.2) is 8.42 Å². The molecule has 1 unspecified atom stereocenters. The second kappa shape index (κ2) is 4.52. The summed E-state index contributed by atoms with van der Waals surface area (Å²) >= 11 is 0. The van der Waals surface area contributed by atoms with Gasteiger partial charge in [-0.3, -0.25) is 0 Å². The molecule has 3 nitrogen and oxygen atoms in total. The van der Waals surface area contributed by atoms with E-state index in [1.54, 1.807) is 12.1 Å². The van der Waals surface area contributed by atoms with E-state index >= 15 is 0 Å². The van der Waals surface area contributed by atoms with Gasteiger partial charge in [0.15, 0.2) is 9.84 Å². The zero-order chi connectivity index (χ0) is 12.6. The molecule has 1 atom stereocenters. The van der Waals surface area contributed by atoms with Gasteiger partial charge in [0.1, 0.15) is 0 Å². The summed E-state index contributed by atoms with van der Waals surface area (Å²) < 4.78 is 24.0. The molecule has 18 heavy (non-hydrogen) atoms. The molecular formula is C14H17NO2S. The summed E-state index contributed by atoms with van der Waals surface area (Å²) in [6.07, 6.45) is 7.14. The lowest BCUT2D eigenvalue weighted by atomic mass is 10.0. The minimum absolute atomic E-state index is 0.176. The molecule has 1 aliphatic heterocycles. The molecule has 0 spiro atoms. The summed E-state index contributed by atoms with van der Waals surface area (Å²) in [5, 5.41) is 3.58. The van der Waals surface area contributed by atoms with Gasteiger partial charge in [-0.2, -0.15) is 0 Å². The number of benzene rings is 1. The zero-order valence-corrected chi connectivity index (χ0v) is 11.0. The van der Waals surface area contributed by atoms with Crippen LogP contribution in [-0.4, -0.2) is 20.2 Å². The van der Waals surface area contributed by atoms with Crippen LogP contribution in [0.4, 0.5) is 0 Å². The minimum Gasteiger partial charge on any atom is -0.306 e. The van der Waals surface area contributed by atoms with E-state index < -0.39 is 9.84 Å². The fourth-order valence-corrected chi connectivity index (χ4v) is 4.42. The van der Waals surface area contributed by atoms with Crippen molar-refractivity contribution in [3.8, 4) is 0 Å². The third-order valence-electron chi connectivity index (χ3n) is 3.75. The molecular weight excluding hydrogens is 246 g/mol. The smallest absolute Gasteiger partial charge is 0.178 e. The summed E-state index contributed by atoms with van der Waals surface area (Å²) in [6.45, 7) is 0. The lowest BCUT2D eigenvalue weighted by Crippen LogP contribution is -2.35. The van der Waals surface area contributed by atoms with Crippen molar-refractivity contribution in [2.75, 3.05) is 5.75 Å². The SMILES string of the molecule is O=S1(=O)CCC(NC2CC=CC2)c2ccccc21. The Kier molecular flexibility index (Phi) is 2.99. The molecule has 0 bridgehead atoms. The van der Waals surface area contributed by atoms with Crippen LogP contribution in [0.5, 0.6) is 0 Å². The van der Waals surface area contributed by atoms with Crippen LogP contribution in [0.15, 0.2) is 41.3 Å². The van der Waals surface area contributed by atoms with Crippen LogP contribution in [0.3, 0.4) is 0 Å². The van der Waals surface area contributed by atoms with Crippen molar-refractivity contribution in [1.82, 2.24) is 5.32 Å².